The van der Waals surface area contributed by atoms with Crippen molar-refractivity contribution in [2.24, 2.45) is 0 Å². The van der Waals surface area contributed by atoms with Crippen molar-refractivity contribution in [1.82, 2.24) is 20.1 Å². The zero-order chi connectivity index (χ0) is 14.3. The number of hydrogen-bond donors (Lipinski definition) is 2. The van der Waals surface area contributed by atoms with E-state index < -0.39 is 17.4 Å². The maximum absolute atomic E-state index is 12.5. The molecular weight excluding hydrogens is 260 g/mol. The molecule has 20 heavy (non-hydrogen) atoms. The fraction of sp³-hybridized carbons (Fsp3) is 0.692. The van der Waals surface area contributed by atoms with Gasteiger partial charge in [0.05, 0.1) is 0 Å². The van der Waals surface area contributed by atoms with Crippen LogP contribution >= 0.6 is 0 Å². The van der Waals surface area contributed by atoms with Crippen LogP contribution in [0.1, 0.15) is 61.4 Å². The predicted molar refractivity (Wildman–Crippen MR) is 69.3 cm³/mol. The molecule has 108 valence electrons. The Morgan fingerprint density at radius 2 is 2.15 bits per heavy atom. The van der Waals surface area contributed by atoms with Crippen molar-refractivity contribution >= 4 is 11.9 Å². The van der Waals surface area contributed by atoms with Crippen molar-refractivity contribution in [1.29, 1.82) is 0 Å². The number of amides is 1. The minimum atomic E-state index is -1.16. The molecule has 1 aromatic heterocycles. The molecule has 7 nitrogen and oxygen atoms in total. The number of aliphatic carboxylic acids is 1. The molecule has 1 aliphatic heterocycles. The van der Waals surface area contributed by atoms with E-state index in [4.69, 9.17) is 0 Å². The number of aromatic amines is 1. The molecule has 0 radical (unpaired) electrons. The van der Waals surface area contributed by atoms with Gasteiger partial charge in [0.2, 0.25) is 5.82 Å². The normalized spacial score (nSPS) is 26.6. The molecule has 0 aromatic carbocycles. The van der Waals surface area contributed by atoms with Crippen molar-refractivity contribution in [3.63, 3.8) is 0 Å². The van der Waals surface area contributed by atoms with E-state index in [-0.39, 0.29) is 5.82 Å². The summed E-state index contributed by atoms with van der Waals surface area (Å²) in [5.74, 6) is -0.152. The average Bonchev–Trinajstić information content (AvgIpc) is 3.16. The fourth-order valence-corrected chi connectivity index (χ4v) is 2.70. The summed E-state index contributed by atoms with van der Waals surface area (Å²) in [6.07, 6.45) is 4.23. The second-order valence-corrected chi connectivity index (χ2v) is 5.81. The van der Waals surface area contributed by atoms with Gasteiger partial charge in [0.15, 0.2) is 0 Å². The monoisotopic (exact) mass is 278 g/mol. The maximum Gasteiger partial charge on any atom is 0.329 e. The van der Waals surface area contributed by atoms with E-state index in [1.54, 1.807) is 6.92 Å². The van der Waals surface area contributed by atoms with Crippen LogP contribution in [-0.4, -0.2) is 49.1 Å². The largest absolute Gasteiger partial charge is 0.480 e. The number of carboxylic acid groups (broad SMARTS) is 1. The molecule has 1 unspecified atom stereocenters. The maximum atomic E-state index is 12.5. The summed E-state index contributed by atoms with van der Waals surface area (Å²) in [6.45, 7) is 2.04. The van der Waals surface area contributed by atoms with Crippen molar-refractivity contribution in [3.05, 3.63) is 11.6 Å². The van der Waals surface area contributed by atoms with Crippen LogP contribution in [0, 0.1) is 0 Å². The topological polar surface area (TPSA) is 99.2 Å². The molecule has 0 spiro atoms. The van der Waals surface area contributed by atoms with E-state index >= 15 is 0 Å². The molecule has 2 aliphatic rings. The van der Waals surface area contributed by atoms with E-state index in [0.717, 1.165) is 31.5 Å². The van der Waals surface area contributed by atoms with Gasteiger partial charge in [-0.3, -0.25) is 9.89 Å². The van der Waals surface area contributed by atoms with E-state index in [9.17, 15) is 14.7 Å². The second-order valence-electron chi connectivity index (χ2n) is 5.81. The minimum Gasteiger partial charge on any atom is -0.480 e. The Morgan fingerprint density at radius 1 is 1.40 bits per heavy atom. The van der Waals surface area contributed by atoms with Crippen LogP contribution in [0.5, 0.6) is 0 Å². The lowest BCUT2D eigenvalue weighted by Crippen LogP contribution is -2.57. The summed E-state index contributed by atoms with van der Waals surface area (Å²) in [5, 5.41) is 16.2. The standard InChI is InChI=1S/C13H18N4O3/c1-13(12(19)20)6-2-3-7-17(13)11(18)10-14-9(15-16-10)8-4-5-8/h8H,2-7H2,1H3,(H,19,20)(H,14,15,16). The van der Waals surface area contributed by atoms with Gasteiger partial charge in [0.25, 0.3) is 5.91 Å². The molecule has 1 aromatic rings. The fourth-order valence-electron chi connectivity index (χ4n) is 2.70. The summed E-state index contributed by atoms with van der Waals surface area (Å²) < 4.78 is 0. The lowest BCUT2D eigenvalue weighted by atomic mass is 9.88. The highest BCUT2D eigenvalue weighted by Gasteiger charge is 2.45. The lowest BCUT2D eigenvalue weighted by Gasteiger charge is -2.40. The Labute approximate surface area is 116 Å². The van der Waals surface area contributed by atoms with Crippen LogP contribution in [0.3, 0.4) is 0 Å². The Hall–Kier alpha value is -1.92. The van der Waals surface area contributed by atoms with Gasteiger partial charge < -0.3 is 10.0 Å². The zero-order valence-corrected chi connectivity index (χ0v) is 11.4. The third-order valence-electron chi connectivity index (χ3n) is 4.25. The van der Waals surface area contributed by atoms with Gasteiger partial charge in [-0.2, -0.15) is 0 Å². The number of aromatic nitrogens is 3. The van der Waals surface area contributed by atoms with Crippen LogP contribution in [0.25, 0.3) is 0 Å². The SMILES string of the molecule is CC1(C(=O)O)CCCCN1C(=O)c1n[nH]c(C2CC2)n1. The van der Waals surface area contributed by atoms with Crippen LogP contribution in [-0.2, 0) is 4.79 Å². The first-order chi connectivity index (χ1) is 9.52. The molecule has 0 bridgehead atoms. The number of hydrogen-bond acceptors (Lipinski definition) is 4. The number of likely N-dealkylation sites (tertiary alicyclic amines) is 1. The summed E-state index contributed by atoms with van der Waals surface area (Å²) >= 11 is 0. The first kappa shape index (κ1) is 13.1. The number of rotatable bonds is 3. The van der Waals surface area contributed by atoms with Gasteiger partial charge in [-0.15, -0.1) is 5.10 Å². The average molecular weight is 278 g/mol. The number of H-pyrrole nitrogens is 1. The highest BCUT2D eigenvalue weighted by molar-refractivity contribution is 5.95. The van der Waals surface area contributed by atoms with Crippen molar-refractivity contribution in [2.75, 3.05) is 6.54 Å². The molecule has 1 aliphatic carbocycles. The van der Waals surface area contributed by atoms with Gasteiger partial charge in [-0.1, -0.05) is 0 Å². The van der Waals surface area contributed by atoms with E-state index in [2.05, 4.69) is 15.2 Å². The molecular formula is C13H18N4O3. The van der Waals surface area contributed by atoms with Gasteiger partial charge in [-0.05, 0) is 39.0 Å². The van der Waals surface area contributed by atoms with Crippen LogP contribution < -0.4 is 0 Å². The predicted octanol–water partition coefficient (Wildman–Crippen LogP) is 1.15. The van der Waals surface area contributed by atoms with Gasteiger partial charge >= 0.3 is 5.97 Å². The summed E-state index contributed by atoms with van der Waals surface area (Å²) in [6, 6.07) is 0. The minimum absolute atomic E-state index is 0.0845. The Bertz CT molecular complexity index is 552. The third-order valence-corrected chi connectivity index (χ3v) is 4.25. The van der Waals surface area contributed by atoms with Crippen LogP contribution in [0.4, 0.5) is 0 Å². The summed E-state index contributed by atoms with van der Waals surface area (Å²) in [5.41, 5.74) is -1.16. The van der Waals surface area contributed by atoms with Crippen LogP contribution in [0.2, 0.25) is 0 Å². The molecule has 1 saturated heterocycles. The Morgan fingerprint density at radius 3 is 2.80 bits per heavy atom. The molecule has 2 N–H and O–H groups in total. The molecule has 2 heterocycles. The van der Waals surface area contributed by atoms with Gasteiger partial charge in [0, 0.05) is 12.5 Å². The number of carboxylic acids is 1. The quantitative estimate of drug-likeness (QED) is 0.864. The zero-order valence-electron chi connectivity index (χ0n) is 11.4. The molecule has 1 amide bonds. The molecule has 1 atom stereocenters. The van der Waals surface area contributed by atoms with Crippen molar-refractivity contribution < 1.29 is 14.7 Å². The van der Waals surface area contributed by atoms with Crippen molar-refractivity contribution in [2.45, 2.75) is 50.5 Å². The third kappa shape index (κ3) is 2.07. The van der Waals surface area contributed by atoms with Crippen molar-refractivity contribution in [3.8, 4) is 0 Å². The number of carbonyl (C=O) groups is 2. The van der Waals surface area contributed by atoms with E-state index in [0.29, 0.717) is 18.9 Å². The second kappa shape index (κ2) is 4.57. The van der Waals surface area contributed by atoms with E-state index in [1.165, 1.54) is 4.90 Å². The number of nitrogens with zero attached hydrogens (tertiary/aromatic N) is 3. The highest BCUT2D eigenvalue weighted by atomic mass is 16.4. The smallest absolute Gasteiger partial charge is 0.329 e. The molecule has 1 saturated carbocycles. The Balaban J connectivity index is 1.84. The van der Waals surface area contributed by atoms with E-state index in [1.807, 2.05) is 0 Å². The first-order valence-corrected chi connectivity index (χ1v) is 7.00. The van der Waals surface area contributed by atoms with Gasteiger partial charge in [0.1, 0.15) is 11.4 Å². The van der Waals surface area contributed by atoms with Crippen LogP contribution in [0.15, 0.2) is 0 Å². The number of nitrogens with one attached hydrogen (secondary N) is 1. The first-order valence-electron chi connectivity index (χ1n) is 7.00. The Kier molecular flexibility index (Phi) is 2.99. The lowest BCUT2D eigenvalue weighted by molar-refractivity contribution is -0.150. The van der Waals surface area contributed by atoms with Gasteiger partial charge in [-0.25, -0.2) is 9.78 Å². The molecule has 2 fully saturated rings. The molecule has 7 heteroatoms. The highest BCUT2D eigenvalue weighted by Crippen LogP contribution is 2.38. The summed E-state index contributed by atoms with van der Waals surface area (Å²) in [4.78, 5) is 29.6. The molecule has 3 rings (SSSR count). The summed E-state index contributed by atoms with van der Waals surface area (Å²) in [7, 11) is 0. The number of piperidine rings is 1. The number of carbonyl (C=O) groups excluding carboxylic acids is 1.